The fourth-order valence-electron chi connectivity index (χ4n) is 3.04. The van der Waals surface area contributed by atoms with Crippen LogP contribution >= 0.6 is 0 Å². The zero-order valence-corrected chi connectivity index (χ0v) is 18.0. The topological polar surface area (TPSA) is 93.7 Å². The molecule has 2 amide bonds. The van der Waals surface area contributed by atoms with E-state index in [1.54, 1.807) is 0 Å². The maximum atomic E-state index is 12.9. The number of carbonyl (C=O) groups excluding carboxylic acids is 3. The molecular weight excluding hydrogens is 396 g/mol. The molecule has 0 unspecified atom stereocenters. The maximum absolute atomic E-state index is 12.9. The average molecular weight is 427 g/mol. The molecule has 0 radical (unpaired) electrons. The zero-order valence-electron chi connectivity index (χ0n) is 18.0. The van der Waals surface area contributed by atoms with Crippen LogP contribution in [0.1, 0.15) is 37.3 Å². The first kappa shape index (κ1) is 23.9. The lowest BCUT2D eigenvalue weighted by molar-refractivity contribution is -0.145. The van der Waals surface area contributed by atoms with Gasteiger partial charge in [-0.2, -0.15) is 0 Å². The van der Waals surface area contributed by atoms with Crippen molar-refractivity contribution in [3.05, 3.63) is 71.8 Å². The Morgan fingerprint density at radius 1 is 0.871 bits per heavy atom. The molecular formula is C24H30N2O5. The quantitative estimate of drug-likeness (QED) is 0.538. The normalized spacial score (nSPS) is 12.3. The summed E-state index contributed by atoms with van der Waals surface area (Å²) in [5, 5.41) is 5.34. The van der Waals surface area contributed by atoms with E-state index in [4.69, 9.17) is 9.47 Å². The van der Waals surface area contributed by atoms with Gasteiger partial charge in [-0.1, -0.05) is 80.4 Å². The van der Waals surface area contributed by atoms with E-state index in [9.17, 15) is 14.4 Å². The molecule has 7 heteroatoms. The summed E-state index contributed by atoms with van der Waals surface area (Å²) in [5.74, 6) is -0.991. The largest absolute Gasteiger partial charge is 0.467 e. The lowest BCUT2D eigenvalue weighted by atomic mass is 10.0. The first-order valence-corrected chi connectivity index (χ1v) is 10.4. The minimum absolute atomic E-state index is 0.105. The number of benzene rings is 2. The Morgan fingerprint density at radius 2 is 1.48 bits per heavy atom. The first-order valence-electron chi connectivity index (χ1n) is 10.4. The third-order valence-corrected chi connectivity index (χ3v) is 4.75. The van der Waals surface area contributed by atoms with Crippen molar-refractivity contribution >= 4 is 18.0 Å². The molecule has 0 fully saturated rings. The van der Waals surface area contributed by atoms with Crippen LogP contribution in [0.5, 0.6) is 0 Å². The summed E-state index contributed by atoms with van der Waals surface area (Å²) in [4.78, 5) is 37.4. The van der Waals surface area contributed by atoms with Gasteiger partial charge in [0.25, 0.3) is 0 Å². The van der Waals surface area contributed by atoms with Gasteiger partial charge < -0.3 is 20.1 Å². The van der Waals surface area contributed by atoms with E-state index in [0.29, 0.717) is 6.42 Å². The van der Waals surface area contributed by atoms with Crippen LogP contribution in [0, 0.1) is 0 Å². The van der Waals surface area contributed by atoms with Gasteiger partial charge in [0.15, 0.2) is 0 Å². The molecule has 2 atom stereocenters. The predicted octanol–water partition coefficient (Wildman–Crippen LogP) is 3.37. The van der Waals surface area contributed by atoms with E-state index in [-0.39, 0.29) is 13.0 Å². The standard InChI is InChI=1S/C24H30N2O5/c1-3-4-15-20(26-24(29)31-17-19-13-9-6-10-14-19)22(27)25-21(23(28)30-2)16-18-11-7-5-8-12-18/h5-14,20-21H,3-4,15-17H2,1-2H3,(H,25,27)(H,26,29)/t20-,21-/m0/s1. The van der Waals surface area contributed by atoms with Crippen LogP contribution in [-0.2, 0) is 32.1 Å². The molecule has 0 aliphatic rings. The highest BCUT2D eigenvalue weighted by Crippen LogP contribution is 2.08. The van der Waals surface area contributed by atoms with E-state index in [0.717, 1.165) is 24.0 Å². The van der Waals surface area contributed by atoms with Crippen LogP contribution in [0.4, 0.5) is 4.79 Å². The number of methoxy groups -OCH3 is 1. The van der Waals surface area contributed by atoms with E-state index in [2.05, 4.69) is 10.6 Å². The number of rotatable bonds is 11. The number of unbranched alkanes of at least 4 members (excludes halogenated alkanes) is 1. The van der Waals surface area contributed by atoms with E-state index >= 15 is 0 Å². The summed E-state index contributed by atoms with van der Waals surface area (Å²) in [5.41, 5.74) is 1.74. The Bertz CT molecular complexity index is 826. The van der Waals surface area contributed by atoms with Crippen molar-refractivity contribution in [2.45, 2.75) is 51.3 Å². The molecule has 166 valence electrons. The number of alkyl carbamates (subject to hydrolysis) is 1. The number of amides is 2. The maximum Gasteiger partial charge on any atom is 0.408 e. The number of esters is 1. The van der Waals surface area contributed by atoms with Gasteiger partial charge in [-0.3, -0.25) is 4.79 Å². The Kier molecular flexibility index (Phi) is 10.1. The summed E-state index contributed by atoms with van der Waals surface area (Å²) in [7, 11) is 1.28. The Hall–Kier alpha value is -3.35. The molecule has 0 aromatic heterocycles. The number of hydrogen-bond acceptors (Lipinski definition) is 5. The van der Waals surface area contributed by atoms with Crippen LogP contribution in [0.25, 0.3) is 0 Å². The highest BCUT2D eigenvalue weighted by molar-refractivity contribution is 5.89. The van der Waals surface area contributed by atoms with Crippen molar-refractivity contribution in [1.82, 2.24) is 10.6 Å². The lowest BCUT2D eigenvalue weighted by Gasteiger charge is -2.22. The van der Waals surface area contributed by atoms with Crippen LogP contribution < -0.4 is 10.6 Å². The second-order valence-corrected chi connectivity index (χ2v) is 7.17. The third-order valence-electron chi connectivity index (χ3n) is 4.75. The zero-order chi connectivity index (χ0) is 22.5. The van der Waals surface area contributed by atoms with Gasteiger partial charge in [0.1, 0.15) is 18.7 Å². The fourth-order valence-corrected chi connectivity index (χ4v) is 3.04. The SMILES string of the molecule is CCCC[C@H](NC(=O)OCc1ccccc1)C(=O)N[C@@H](Cc1ccccc1)C(=O)OC. The van der Waals surface area contributed by atoms with Gasteiger partial charge >= 0.3 is 12.1 Å². The lowest BCUT2D eigenvalue weighted by Crippen LogP contribution is -2.52. The highest BCUT2D eigenvalue weighted by Gasteiger charge is 2.27. The molecule has 7 nitrogen and oxygen atoms in total. The molecule has 0 aliphatic heterocycles. The summed E-state index contributed by atoms with van der Waals surface area (Å²) < 4.78 is 10.1. The van der Waals surface area contributed by atoms with Gasteiger partial charge in [0.05, 0.1) is 7.11 Å². The number of nitrogens with one attached hydrogen (secondary N) is 2. The summed E-state index contributed by atoms with van der Waals surface area (Å²) in [6.07, 6.45) is 1.63. The number of hydrogen-bond donors (Lipinski definition) is 2. The Balaban J connectivity index is 1.99. The molecule has 2 aromatic carbocycles. The monoisotopic (exact) mass is 426 g/mol. The molecule has 0 spiro atoms. The van der Waals surface area contributed by atoms with Crippen LogP contribution in [0.3, 0.4) is 0 Å². The van der Waals surface area contributed by atoms with Crippen molar-refractivity contribution in [1.29, 1.82) is 0 Å². The third kappa shape index (κ3) is 8.50. The molecule has 0 bridgehead atoms. The minimum Gasteiger partial charge on any atom is -0.467 e. The Morgan fingerprint density at radius 3 is 2.06 bits per heavy atom. The van der Waals surface area contributed by atoms with Crippen LogP contribution in [-0.4, -0.2) is 37.2 Å². The average Bonchev–Trinajstić information content (AvgIpc) is 2.80. The van der Waals surface area contributed by atoms with Crippen molar-refractivity contribution < 1.29 is 23.9 Å². The van der Waals surface area contributed by atoms with Gasteiger partial charge in [0.2, 0.25) is 5.91 Å². The van der Waals surface area contributed by atoms with Crippen molar-refractivity contribution in [3.8, 4) is 0 Å². The smallest absolute Gasteiger partial charge is 0.408 e. The van der Waals surface area contributed by atoms with E-state index in [1.807, 2.05) is 67.6 Å². The second-order valence-electron chi connectivity index (χ2n) is 7.17. The van der Waals surface area contributed by atoms with Crippen LogP contribution in [0.2, 0.25) is 0 Å². The molecule has 0 aliphatic carbocycles. The van der Waals surface area contributed by atoms with E-state index < -0.39 is 30.1 Å². The van der Waals surface area contributed by atoms with Gasteiger partial charge in [-0.05, 0) is 17.5 Å². The summed E-state index contributed by atoms with van der Waals surface area (Å²) in [6.45, 7) is 2.10. The number of ether oxygens (including phenoxy) is 2. The fraction of sp³-hybridized carbons (Fsp3) is 0.375. The molecule has 2 N–H and O–H groups in total. The van der Waals surface area contributed by atoms with Gasteiger partial charge in [-0.25, -0.2) is 9.59 Å². The predicted molar refractivity (Wildman–Crippen MR) is 117 cm³/mol. The van der Waals surface area contributed by atoms with Gasteiger partial charge in [-0.15, -0.1) is 0 Å². The van der Waals surface area contributed by atoms with Gasteiger partial charge in [0, 0.05) is 6.42 Å². The minimum atomic E-state index is -0.855. The molecule has 0 saturated heterocycles. The Labute approximate surface area is 183 Å². The van der Waals surface area contributed by atoms with Crippen molar-refractivity contribution in [2.75, 3.05) is 7.11 Å². The molecule has 2 aromatic rings. The number of carbonyl (C=O) groups is 3. The molecule has 0 saturated carbocycles. The molecule has 0 heterocycles. The molecule has 31 heavy (non-hydrogen) atoms. The van der Waals surface area contributed by atoms with Crippen molar-refractivity contribution in [3.63, 3.8) is 0 Å². The van der Waals surface area contributed by atoms with Crippen molar-refractivity contribution in [2.24, 2.45) is 0 Å². The summed E-state index contributed by atoms with van der Waals surface area (Å²) >= 11 is 0. The first-order chi connectivity index (χ1) is 15.0. The van der Waals surface area contributed by atoms with E-state index in [1.165, 1.54) is 7.11 Å². The van der Waals surface area contributed by atoms with Crippen LogP contribution in [0.15, 0.2) is 60.7 Å². The highest BCUT2D eigenvalue weighted by atomic mass is 16.5. The molecule has 2 rings (SSSR count). The second kappa shape index (κ2) is 13.1. The summed E-state index contributed by atoms with van der Waals surface area (Å²) in [6, 6.07) is 16.9.